The molecule has 1 unspecified atom stereocenters. The highest BCUT2D eigenvalue weighted by Gasteiger charge is 2.41. The van der Waals surface area contributed by atoms with Crippen molar-refractivity contribution < 1.29 is 4.79 Å². The first-order valence-corrected chi connectivity index (χ1v) is 6.99. The van der Waals surface area contributed by atoms with Crippen LogP contribution in [0, 0.1) is 5.41 Å². The summed E-state index contributed by atoms with van der Waals surface area (Å²) in [7, 11) is 0. The maximum absolute atomic E-state index is 12.5. The maximum Gasteiger partial charge on any atom is 0.227 e. The van der Waals surface area contributed by atoms with Gasteiger partial charge in [0, 0.05) is 12.1 Å². The Morgan fingerprint density at radius 1 is 1.35 bits per heavy atom. The molecule has 0 bridgehead atoms. The molecular weight excluding hydrogens is 212 g/mol. The third kappa shape index (κ3) is 3.70. The van der Waals surface area contributed by atoms with Gasteiger partial charge < -0.3 is 10.6 Å². The van der Waals surface area contributed by atoms with Crippen molar-refractivity contribution in [3.05, 3.63) is 0 Å². The van der Waals surface area contributed by atoms with Gasteiger partial charge in [-0.05, 0) is 39.7 Å². The predicted molar refractivity (Wildman–Crippen MR) is 72.0 cm³/mol. The largest absolute Gasteiger partial charge is 0.351 e. The van der Waals surface area contributed by atoms with E-state index in [4.69, 9.17) is 0 Å². The summed E-state index contributed by atoms with van der Waals surface area (Å²) in [5.74, 6) is 0.253. The Labute approximate surface area is 106 Å². The lowest BCUT2D eigenvalue weighted by atomic mass is 9.80. The van der Waals surface area contributed by atoms with Crippen LogP contribution in [0.15, 0.2) is 0 Å². The molecule has 1 fully saturated rings. The minimum absolute atomic E-state index is 0.0742. The van der Waals surface area contributed by atoms with Crippen LogP contribution < -0.4 is 10.6 Å². The molecule has 1 heterocycles. The molecule has 17 heavy (non-hydrogen) atoms. The fourth-order valence-corrected chi connectivity index (χ4v) is 2.87. The van der Waals surface area contributed by atoms with E-state index < -0.39 is 0 Å². The number of hydrogen-bond donors (Lipinski definition) is 2. The van der Waals surface area contributed by atoms with Crippen LogP contribution in [0.4, 0.5) is 0 Å². The molecule has 1 aliphatic heterocycles. The van der Waals surface area contributed by atoms with Gasteiger partial charge in [-0.15, -0.1) is 0 Å². The van der Waals surface area contributed by atoms with Crippen LogP contribution in [0.2, 0.25) is 0 Å². The van der Waals surface area contributed by atoms with E-state index in [1.54, 1.807) is 0 Å². The lowest BCUT2D eigenvalue weighted by Crippen LogP contribution is -2.51. The zero-order chi connectivity index (χ0) is 12.9. The topological polar surface area (TPSA) is 41.1 Å². The highest BCUT2D eigenvalue weighted by atomic mass is 16.2. The number of carbonyl (C=O) groups is 1. The Morgan fingerprint density at radius 3 is 2.53 bits per heavy atom. The number of nitrogens with one attached hydrogen (secondary N) is 2. The third-order valence-electron chi connectivity index (χ3n) is 3.78. The molecule has 0 saturated carbocycles. The third-order valence-corrected chi connectivity index (χ3v) is 3.78. The fourth-order valence-electron chi connectivity index (χ4n) is 2.87. The summed E-state index contributed by atoms with van der Waals surface area (Å²) in [6.07, 6.45) is 5.19. The number of hydrogen-bond acceptors (Lipinski definition) is 2. The van der Waals surface area contributed by atoms with E-state index in [0.29, 0.717) is 0 Å². The predicted octanol–water partition coefficient (Wildman–Crippen LogP) is 2.46. The Hall–Kier alpha value is -0.570. The Kier molecular flexibility index (Phi) is 4.99. The maximum atomic E-state index is 12.5. The van der Waals surface area contributed by atoms with Crippen molar-refractivity contribution in [1.82, 2.24) is 10.6 Å². The molecule has 0 spiro atoms. The van der Waals surface area contributed by atoms with Gasteiger partial charge in [-0.1, -0.05) is 26.7 Å². The van der Waals surface area contributed by atoms with Crippen LogP contribution in [0.25, 0.3) is 0 Å². The van der Waals surface area contributed by atoms with Crippen LogP contribution in [-0.2, 0) is 4.79 Å². The normalized spacial score (nSPS) is 24.9. The highest BCUT2D eigenvalue weighted by Crippen LogP contribution is 2.32. The summed E-state index contributed by atoms with van der Waals surface area (Å²) in [6, 6.07) is 0. The van der Waals surface area contributed by atoms with Gasteiger partial charge in [0.1, 0.15) is 0 Å². The van der Waals surface area contributed by atoms with Crippen molar-refractivity contribution in [2.45, 2.75) is 65.3 Å². The lowest BCUT2D eigenvalue weighted by Gasteiger charge is -2.33. The first kappa shape index (κ1) is 14.5. The molecule has 0 aromatic carbocycles. The summed E-state index contributed by atoms with van der Waals surface area (Å²) >= 11 is 0. The van der Waals surface area contributed by atoms with E-state index in [9.17, 15) is 4.79 Å². The monoisotopic (exact) mass is 240 g/mol. The van der Waals surface area contributed by atoms with Crippen LogP contribution in [-0.4, -0.2) is 24.5 Å². The highest BCUT2D eigenvalue weighted by molar-refractivity contribution is 5.83. The molecule has 1 rings (SSSR count). The van der Waals surface area contributed by atoms with E-state index in [1.807, 2.05) is 0 Å². The van der Waals surface area contributed by atoms with Gasteiger partial charge in [0.25, 0.3) is 0 Å². The number of carbonyl (C=O) groups excluding carboxylic acids is 1. The van der Waals surface area contributed by atoms with Gasteiger partial charge in [-0.25, -0.2) is 0 Å². The molecule has 3 heteroatoms. The molecular formula is C14H28N2O. The second kappa shape index (κ2) is 5.85. The van der Waals surface area contributed by atoms with Gasteiger partial charge in [0.2, 0.25) is 5.91 Å². The van der Waals surface area contributed by atoms with Crippen LogP contribution in [0.5, 0.6) is 0 Å². The zero-order valence-electron chi connectivity index (χ0n) is 11.9. The van der Waals surface area contributed by atoms with Gasteiger partial charge >= 0.3 is 0 Å². The summed E-state index contributed by atoms with van der Waals surface area (Å²) in [6.45, 7) is 10.4. The molecule has 1 aliphatic rings. The van der Waals surface area contributed by atoms with Crippen molar-refractivity contribution in [1.29, 1.82) is 0 Å². The molecule has 1 saturated heterocycles. The van der Waals surface area contributed by atoms with E-state index in [1.165, 1.54) is 0 Å². The fraction of sp³-hybridized carbons (Fsp3) is 0.929. The van der Waals surface area contributed by atoms with Crippen LogP contribution in [0.3, 0.4) is 0 Å². The van der Waals surface area contributed by atoms with E-state index in [0.717, 1.165) is 45.2 Å². The Morgan fingerprint density at radius 2 is 2.06 bits per heavy atom. The van der Waals surface area contributed by atoms with Crippen LogP contribution in [0.1, 0.15) is 59.8 Å². The summed E-state index contributed by atoms with van der Waals surface area (Å²) in [5.41, 5.74) is -0.227. The minimum atomic E-state index is -0.153. The van der Waals surface area contributed by atoms with Gasteiger partial charge in [0.15, 0.2) is 0 Å². The number of amides is 1. The quantitative estimate of drug-likeness (QED) is 0.749. The Balaban J connectivity index is 2.66. The summed E-state index contributed by atoms with van der Waals surface area (Å²) in [4.78, 5) is 12.5. The van der Waals surface area contributed by atoms with E-state index >= 15 is 0 Å². The van der Waals surface area contributed by atoms with Gasteiger partial charge in [-0.2, -0.15) is 0 Å². The van der Waals surface area contributed by atoms with Crippen molar-refractivity contribution >= 4 is 5.91 Å². The summed E-state index contributed by atoms with van der Waals surface area (Å²) in [5, 5.41) is 6.58. The second-order valence-corrected chi connectivity index (χ2v) is 6.05. The molecule has 0 aromatic rings. The summed E-state index contributed by atoms with van der Waals surface area (Å²) < 4.78 is 0. The van der Waals surface area contributed by atoms with Crippen LogP contribution >= 0.6 is 0 Å². The lowest BCUT2D eigenvalue weighted by molar-refractivity contribution is -0.132. The van der Waals surface area contributed by atoms with Crippen molar-refractivity contribution in [2.24, 2.45) is 5.41 Å². The first-order valence-electron chi connectivity index (χ1n) is 6.99. The van der Waals surface area contributed by atoms with E-state index in [2.05, 4.69) is 38.3 Å². The molecule has 1 amide bonds. The first-order chi connectivity index (χ1) is 7.96. The minimum Gasteiger partial charge on any atom is -0.351 e. The molecule has 0 aromatic heterocycles. The molecule has 1 atom stereocenters. The van der Waals surface area contributed by atoms with Gasteiger partial charge in [-0.3, -0.25) is 4.79 Å². The average molecular weight is 240 g/mol. The molecule has 0 radical (unpaired) electrons. The van der Waals surface area contributed by atoms with Crippen molar-refractivity contribution in [2.75, 3.05) is 13.1 Å². The van der Waals surface area contributed by atoms with Crippen molar-refractivity contribution in [3.63, 3.8) is 0 Å². The molecule has 100 valence electrons. The second-order valence-electron chi connectivity index (χ2n) is 6.05. The smallest absolute Gasteiger partial charge is 0.227 e. The number of rotatable bonds is 6. The van der Waals surface area contributed by atoms with Gasteiger partial charge in [0.05, 0.1) is 5.41 Å². The van der Waals surface area contributed by atoms with E-state index in [-0.39, 0.29) is 16.9 Å². The average Bonchev–Trinajstić information content (AvgIpc) is 2.67. The standard InChI is InChI=1S/C14H28N2O/c1-5-7-13(3,4)16-12(17)14(8-6-2)9-10-15-11-14/h15H,5-11H2,1-4H3,(H,16,17). The van der Waals surface area contributed by atoms with Crippen molar-refractivity contribution in [3.8, 4) is 0 Å². The Bertz CT molecular complexity index is 255. The zero-order valence-corrected chi connectivity index (χ0v) is 11.9. The molecule has 3 nitrogen and oxygen atoms in total. The molecule has 2 N–H and O–H groups in total. The SMILES string of the molecule is CCCC(C)(C)NC(=O)C1(CCC)CCNC1. The molecule has 0 aliphatic carbocycles.